The van der Waals surface area contributed by atoms with E-state index in [1.807, 2.05) is 6.92 Å². The molecule has 172 valence electrons. The minimum Gasteiger partial charge on any atom is -0.488 e. The van der Waals surface area contributed by atoms with Crippen molar-refractivity contribution >= 4 is 5.91 Å². The zero-order chi connectivity index (χ0) is 23.3. The Hall–Kier alpha value is -3.56. The molecule has 1 aliphatic carbocycles. The molecule has 2 atom stereocenters. The van der Waals surface area contributed by atoms with Crippen LogP contribution in [0.4, 0.5) is 13.2 Å². The fourth-order valence-corrected chi connectivity index (χ4v) is 4.41. The number of carbonyl (C=O) groups is 1. The second-order valence-corrected chi connectivity index (χ2v) is 8.28. The summed E-state index contributed by atoms with van der Waals surface area (Å²) in [6, 6.07) is 7.93. The second kappa shape index (κ2) is 7.79. The number of benzene rings is 1. The highest BCUT2D eigenvalue weighted by atomic mass is 19.4. The zero-order valence-electron chi connectivity index (χ0n) is 17.7. The molecule has 1 aliphatic heterocycles. The first-order valence-electron chi connectivity index (χ1n) is 10.6. The summed E-state index contributed by atoms with van der Waals surface area (Å²) >= 11 is 0. The molecule has 5 rings (SSSR count). The lowest BCUT2D eigenvalue weighted by molar-refractivity contribution is -0.140. The van der Waals surface area contributed by atoms with Crippen LogP contribution in [0.15, 0.2) is 53.7 Å². The first-order chi connectivity index (χ1) is 15.7. The van der Waals surface area contributed by atoms with Crippen molar-refractivity contribution in [3.63, 3.8) is 0 Å². The molecular weight excluding hydrogens is 437 g/mol. The normalized spacial score (nSPS) is 20.4. The van der Waals surface area contributed by atoms with Crippen molar-refractivity contribution in [1.82, 2.24) is 19.0 Å². The van der Waals surface area contributed by atoms with E-state index >= 15 is 0 Å². The van der Waals surface area contributed by atoms with Crippen LogP contribution in [0.5, 0.6) is 5.75 Å². The molecule has 7 nitrogen and oxygen atoms in total. The highest BCUT2D eigenvalue weighted by molar-refractivity contribution is 5.93. The van der Waals surface area contributed by atoms with Crippen molar-refractivity contribution in [2.75, 3.05) is 6.54 Å². The summed E-state index contributed by atoms with van der Waals surface area (Å²) in [5.41, 5.74) is 0.295. The van der Waals surface area contributed by atoms with Crippen LogP contribution in [0.3, 0.4) is 0 Å². The van der Waals surface area contributed by atoms with E-state index in [1.54, 1.807) is 34.1 Å². The summed E-state index contributed by atoms with van der Waals surface area (Å²) in [5.74, 6) is -0.560. The fraction of sp³-hybridized carbons (Fsp3) is 0.348. The molecule has 1 aromatic carbocycles. The predicted octanol–water partition coefficient (Wildman–Crippen LogP) is 3.43. The number of aromatic nitrogens is 3. The smallest absolute Gasteiger partial charge is 0.419 e. The molecule has 0 spiro atoms. The Morgan fingerprint density at radius 2 is 1.85 bits per heavy atom. The average molecular weight is 458 g/mol. The van der Waals surface area contributed by atoms with Crippen molar-refractivity contribution in [2.24, 2.45) is 0 Å². The number of rotatable bonds is 4. The van der Waals surface area contributed by atoms with Gasteiger partial charge in [0.05, 0.1) is 23.6 Å². The van der Waals surface area contributed by atoms with Gasteiger partial charge in [-0.25, -0.2) is 4.98 Å². The van der Waals surface area contributed by atoms with Crippen molar-refractivity contribution in [3.8, 4) is 11.4 Å². The lowest BCUT2D eigenvalue weighted by Gasteiger charge is -2.45. The molecule has 0 unspecified atom stereocenters. The van der Waals surface area contributed by atoms with Crippen molar-refractivity contribution in [1.29, 1.82) is 0 Å². The molecule has 3 heterocycles. The topological polar surface area (TPSA) is 69.4 Å². The van der Waals surface area contributed by atoms with Gasteiger partial charge < -0.3 is 18.8 Å². The van der Waals surface area contributed by atoms with Crippen LogP contribution in [-0.4, -0.2) is 43.6 Å². The lowest BCUT2D eigenvalue weighted by atomic mass is 9.86. The van der Waals surface area contributed by atoms with E-state index in [-0.39, 0.29) is 35.5 Å². The molecule has 2 aromatic heterocycles. The molecule has 1 saturated carbocycles. The van der Waals surface area contributed by atoms with Gasteiger partial charge in [-0.3, -0.25) is 9.59 Å². The molecule has 2 aliphatic rings. The number of para-hydroxylation sites is 1. The van der Waals surface area contributed by atoms with Crippen molar-refractivity contribution in [2.45, 2.75) is 44.6 Å². The number of nitrogens with zero attached hydrogens (tertiary/aromatic N) is 4. The SMILES string of the molecule is Cc1cn(-c2ccc3n(c2=O)CCN([C@H]2CC[C@@H]2Oc2ccccc2C(F)(F)F)C3=O)cn1. The summed E-state index contributed by atoms with van der Waals surface area (Å²) in [7, 11) is 0. The summed E-state index contributed by atoms with van der Waals surface area (Å²) in [6.45, 7) is 2.39. The summed E-state index contributed by atoms with van der Waals surface area (Å²) in [6.07, 6.45) is -0.611. The fourth-order valence-electron chi connectivity index (χ4n) is 4.41. The monoisotopic (exact) mass is 458 g/mol. The average Bonchev–Trinajstić information content (AvgIpc) is 3.19. The quantitative estimate of drug-likeness (QED) is 0.601. The highest BCUT2D eigenvalue weighted by Gasteiger charge is 2.43. The van der Waals surface area contributed by atoms with Crippen LogP contribution in [0.1, 0.15) is 34.6 Å². The van der Waals surface area contributed by atoms with Crippen LogP contribution in [0, 0.1) is 6.92 Å². The standard InChI is InChI=1S/C23H21F3N4O3/c1-14-12-28(13-27-14)17-6-7-18-22(32)29(10-11-30(18)21(17)31)16-8-9-20(16)33-19-5-3-2-4-15(19)23(24,25)26/h2-7,12-13,16,20H,8-11H2,1H3/t16-,20-/m0/s1. The molecule has 3 aromatic rings. The molecule has 1 fully saturated rings. The van der Waals surface area contributed by atoms with Gasteiger partial charge >= 0.3 is 6.18 Å². The first-order valence-corrected chi connectivity index (χ1v) is 10.6. The number of imidazole rings is 1. The molecule has 0 bridgehead atoms. The van der Waals surface area contributed by atoms with Gasteiger partial charge in [-0.15, -0.1) is 0 Å². The van der Waals surface area contributed by atoms with Gasteiger partial charge in [-0.2, -0.15) is 13.2 Å². The number of halogens is 3. The van der Waals surface area contributed by atoms with E-state index in [0.717, 1.165) is 11.8 Å². The van der Waals surface area contributed by atoms with E-state index in [0.29, 0.717) is 25.1 Å². The predicted molar refractivity (Wildman–Crippen MR) is 112 cm³/mol. The van der Waals surface area contributed by atoms with Crippen LogP contribution in [-0.2, 0) is 12.7 Å². The van der Waals surface area contributed by atoms with Crippen LogP contribution >= 0.6 is 0 Å². The summed E-state index contributed by atoms with van der Waals surface area (Å²) < 4.78 is 48.7. The number of carbonyl (C=O) groups excluding carboxylic acids is 1. The number of alkyl halides is 3. The molecule has 1 amide bonds. The van der Waals surface area contributed by atoms with E-state index in [2.05, 4.69) is 4.98 Å². The van der Waals surface area contributed by atoms with Crippen LogP contribution < -0.4 is 10.3 Å². The molecule has 33 heavy (non-hydrogen) atoms. The maximum atomic E-state index is 13.3. The number of pyridine rings is 1. The minimum absolute atomic E-state index is 0.235. The van der Waals surface area contributed by atoms with E-state index in [1.165, 1.54) is 22.8 Å². The Bertz CT molecular complexity index is 1280. The van der Waals surface area contributed by atoms with Gasteiger partial charge in [0.1, 0.15) is 23.2 Å². The molecule has 0 radical (unpaired) electrons. The van der Waals surface area contributed by atoms with Crippen molar-refractivity contribution in [3.05, 3.63) is 76.2 Å². The third kappa shape index (κ3) is 3.69. The Kier molecular flexibility index (Phi) is 5.02. The first kappa shape index (κ1) is 21.3. The van der Waals surface area contributed by atoms with Gasteiger partial charge in [-0.1, -0.05) is 12.1 Å². The third-order valence-corrected chi connectivity index (χ3v) is 6.24. The summed E-state index contributed by atoms with van der Waals surface area (Å²) in [4.78, 5) is 31.9. The van der Waals surface area contributed by atoms with Gasteiger partial charge in [-0.05, 0) is 44.0 Å². The number of hydrogen-bond donors (Lipinski definition) is 0. The molecular formula is C23H21F3N4O3. The van der Waals surface area contributed by atoms with E-state index < -0.39 is 17.8 Å². The Morgan fingerprint density at radius 1 is 1.06 bits per heavy atom. The lowest BCUT2D eigenvalue weighted by Crippen LogP contribution is -2.58. The summed E-state index contributed by atoms with van der Waals surface area (Å²) in [5, 5.41) is 0. The Balaban J connectivity index is 1.37. The minimum atomic E-state index is -4.53. The van der Waals surface area contributed by atoms with Gasteiger partial charge in [0, 0.05) is 19.3 Å². The second-order valence-electron chi connectivity index (χ2n) is 8.28. The molecule has 0 N–H and O–H groups in total. The van der Waals surface area contributed by atoms with E-state index in [9.17, 15) is 22.8 Å². The van der Waals surface area contributed by atoms with Crippen LogP contribution in [0.2, 0.25) is 0 Å². The molecule has 0 saturated heterocycles. The number of fused-ring (bicyclic) bond motifs is 1. The Morgan fingerprint density at radius 3 is 2.52 bits per heavy atom. The number of amides is 1. The number of aryl methyl sites for hydroxylation is 1. The van der Waals surface area contributed by atoms with Gasteiger partial charge in [0.2, 0.25) is 0 Å². The third-order valence-electron chi connectivity index (χ3n) is 6.24. The number of ether oxygens (including phenoxy) is 1. The largest absolute Gasteiger partial charge is 0.488 e. The molecule has 10 heteroatoms. The maximum absolute atomic E-state index is 13.3. The Labute approximate surface area is 187 Å². The van der Waals surface area contributed by atoms with Gasteiger partial charge in [0.25, 0.3) is 11.5 Å². The van der Waals surface area contributed by atoms with Crippen LogP contribution in [0.25, 0.3) is 5.69 Å². The van der Waals surface area contributed by atoms with Crippen molar-refractivity contribution < 1.29 is 22.7 Å². The number of hydrogen-bond acceptors (Lipinski definition) is 4. The maximum Gasteiger partial charge on any atom is 0.419 e. The zero-order valence-corrected chi connectivity index (χ0v) is 17.7. The highest BCUT2D eigenvalue weighted by Crippen LogP contribution is 2.39. The van der Waals surface area contributed by atoms with Gasteiger partial charge in [0.15, 0.2) is 0 Å². The van der Waals surface area contributed by atoms with E-state index in [4.69, 9.17) is 4.74 Å².